The Labute approximate surface area is 148 Å². The first-order chi connectivity index (χ1) is 11.7. The molecule has 0 aliphatic carbocycles. The van der Waals surface area contributed by atoms with Crippen molar-refractivity contribution in [2.45, 2.75) is 6.54 Å². The summed E-state index contributed by atoms with van der Waals surface area (Å²) in [5, 5.41) is 6.44. The van der Waals surface area contributed by atoms with E-state index in [0.717, 1.165) is 5.76 Å². The summed E-state index contributed by atoms with van der Waals surface area (Å²) in [6.07, 6.45) is 1.60. The number of furan rings is 1. The van der Waals surface area contributed by atoms with Crippen molar-refractivity contribution in [2.24, 2.45) is 0 Å². The topological polar surface area (TPSA) is 72.2 Å². The molecule has 6 nitrogen and oxygen atoms in total. The average molecular weight is 361 g/mol. The van der Waals surface area contributed by atoms with E-state index in [4.69, 9.17) is 33.0 Å². The van der Waals surface area contributed by atoms with Crippen molar-refractivity contribution in [2.75, 3.05) is 5.32 Å². The third-order valence-corrected chi connectivity index (χ3v) is 3.31. The number of aromatic nitrogens is 2. The summed E-state index contributed by atoms with van der Waals surface area (Å²) in [4.78, 5) is 8.31. The fourth-order valence-electron chi connectivity index (χ4n) is 1.84. The van der Waals surface area contributed by atoms with Gasteiger partial charge >= 0.3 is 0 Å². The maximum Gasteiger partial charge on any atom is 0.233 e. The predicted molar refractivity (Wildman–Crippen MR) is 95.3 cm³/mol. The van der Waals surface area contributed by atoms with Gasteiger partial charge in [-0.25, -0.2) is 4.98 Å². The summed E-state index contributed by atoms with van der Waals surface area (Å²) < 4.78 is 10.9. The molecule has 0 aliphatic heterocycles. The highest BCUT2D eigenvalue weighted by atomic mass is 35.5. The van der Waals surface area contributed by atoms with Gasteiger partial charge in [0.25, 0.3) is 0 Å². The lowest BCUT2D eigenvalue weighted by Gasteiger charge is -2.10. The maximum atomic E-state index is 6.01. The molecule has 8 heteroatoms. The Balaban J connectivity index is 1.63. The number of hydrogen-bond acceptors (Lipinski definition) is 5. The van der Waals surface area contributed by atoms with Gasteiger partial charge in [0.15, 0.2) is 5.11 Å². The van der Waals surface area contributed by atoms with Gasteiger partial charge in [-0.1, -0.05) is 29.8 Å². The summed E-state index contributed by atoms with van der Waals surface area (Å²) in [6.45, 7) is 0.451. The van der Waals surface area contributed by atoms with Crippen LogP contribution in [-0.4, -0.2) is 15.1 Å². The standard InChI is InChI=1S/C16H13ClN4O2S/c17-13-9-14(23-11-5-2-1-3-6-11)20-15(19-13)21-16(24)18-10-12-7-4-8-22-12/h1-9H,10H2,(H2,18,19,20,21,24). The van der Waals surface area contributed by atoms with Crippen LogP contribution < -0.4 is 15.4 Å². The molecule has 0 saturated heterocycles. The predicted octanol–water partition coefficient (Wildman–Crippen LogP) is 4.00. The summed E-state index contributed by atoms with van der Waals surface area (Å²) in [7, 11) is 0. The van der Waals surface area contributed by atoms with E-state index in [0.29, 0.717) is 23.3 Å². The molecule has 0 fully saturated rings. The zero-order chi connectivity index (χ0) is 16.8. The molecule has 3 aromatic rings. The number of nitrogens with zero attached hydrogens (tertiary/aromatic N) is 2. The summed E-state index contributed by atoms with van der Waals surface area (Å²) in [5.74, 6) is 1.97. The number of anilines is 1. The summed E-state index contributed by atoms with van der Waals surface area (Å²) >= 11 is 11.2. The maximum absolute atomic E-state index is 6.01. The van der Waals surface area contributed by atoms with Gasteiger partial charge in [0, 0.05) is 6.07 Å². The molecular weight excluding hydrogens is 348 g/mol. The third kappa shape index (κ3) is 4.68. The van der Waals surface area contributed by atoms with E-state index >= 15 is 0 Å². The van der Waals surface area contributed by atoms with Crippen molar-refractivity contribution in [1.29, 1.82) is 0 Å². The van der Waals surface area contributed by atoms with Gasteiger partial charge in [0.2, 0.25) is 11.8 Å². The molecule has 0 unspecified atom stereocenters. The highest BCUT2D eigenvalue weighted by Crippen LogP contribution is 2.22. The van der Waals surface area contributed by atoms with Crippen LogP contribution in [-0.2, 0) is 6.54 Å². The fraction of sp³-hybridized carbons (Fsp3) is 0.0625. The molecule has 0 amide bonds. The van der Waals surface area contributed by atoms with Crippen molar-refractivity contribution >= 4 is 34.9 Å². The van der Waals surface area contributed by atoms with Gasteiger partial charge in [0.05, 0.1) is 12.8 Å². The Hall–Kier alpha value is -2.64. The average Bonchev–Trinajstić information content (AvgIpc) is 3.07. The molecule has 0 atom stereocenters. The third-order valence-electron chi connectivity index (χ3n) is 2.87. The molecule has 0 bridgehead atoms. The Morgan fingerprint density at radius 3 is 2.75 bits per heavy atom. The van der Waals surface area contributed by atoms with Crippen molar-refractivity contribution in [1.82, 2.24) is 15.3 Å². The minimum atomic E-state index is 0.241. The fourth-order valence-corrected chi connectivity index (χ4v) is 2.18. The van der Waals surface area contributed by atoms with Gasteiger partial charge in [0.1, 0.15) is 16.7 Å². The molecule has 2 N–H and O–H groups in total. The molecule has 122 valence electrons. The highest BCUT2D eigenvalue weighted by Gasteiger charge is 2.07. The van der Waals surface area contributed by atoms with Crippen LogP contribution in [0.5, 0.6) is 11.6 Å². The van der Waals surface area contributed by atoms with E-state index < -0.39 is 0 Å². The number of halogens is 1. The molecule has 3 rings (SSSR count). The second-order valence-electron chi connectivity index (χ2n) is 4.65. The van der Waals surface area contributed by atoms with Crippen LogP contribution in [0.4, 0.5) is 5.95 Å². The number of para-hydroxylation sites is 1. The van der Waals surface area contributed by atoms with Crippen LogP contribution in [0.25, 0.3) is 0 Å². The van der Waals surface area contributed by atoms with Gasteiger partial charge in [-0.3, -0.25) is 0 Å². The minimum Gasteiger partial charge on any atom is -0.467 e. The first kappa shape index (κ1) is 16.2. The smallest absolute Gasteiger partial charge is 0.233 e. The van der Waals surface area contributed by atoms with E-state index in [-0.39, 0.29) is 11.1 Å². The Morgan fingerprint density at radius 1 is 1.17 bits per heavy atom. The quantitative estimate of drug-likeness (QED) is 0.526. The largest absolute Gasteiger partial charge is 0.467 e. The lowest BCUT2D eigenvalue weighted by atomic mass is 10.3. The van der Waals surface area contributed by atoms with E-state index in [1.165, 1.54) is 6.07 Å². The Bertz CT molecular complexity index is 812. The number of hydrogen-bond donors (Lipinski definition) is 2. The van der Waals surface area contributed by atoms with E-state index in [2.05, 4.69) is 20.6 Å². The van der Waals surface area contributed by atoms with Gasteiger partial charge in [-0.05, 0) is 36.5 Å². The van der Waals surface area contributed by atoms with Crippen molar-refractivity contribution in [3.05, 3.63) is 65.7 Å². The number of ether oxygens (including phenoxy) is 1. The molecule has 2 aromatic heterocycles. The van der Waals surface area contributed by atoms with E-state index in [1.54, 1.807) is 12.3 Å². The van der Waals surface area contributed by atoms with Gasteiger partial charge < -0.3 is 19.8 Å². The van der Waals surface area contributed by atoms with Crippen LogP contribution in [0.1, 0.15) is 5.76 Å². The van der Waals surface area contributed by atoms with Crippen LogP contribution in [0.2, 0.25) is 5.15 Å². The first-order valence-electron chi connectivity index (χ1n) is 7.04. The number of rotatable bonds is 5. The van der Waals surface area contributed by atoms with Gasteiger partial charge in [-0.2, -0.15) is 4.98 Å². The molecule has 2 heterocycles. The Kier molecular flexibility index (Phi) is 5.25. The monoisotopic (exact) mass is 360 g/mol. The summed E-state index contributed by atoms with van der Waals surface area (Å²) in [5.41, 5.74) is 0. The zero-order valence-electron chi connectivity index (χ0n) is 12.4. The normalized spacial score (nSPS) is 10.2. The lowest BCUT2D eigenvalue weighted by Crippen LogP contribution is -2.28. The highest BCUT2D eigenvalue weighted by molar-refractivity contribution is 7.80. The number of nitrogens with one attached hydrogen (secondary N) is 2. The van der Waals surface area contributed by atoms with Crippen LogP contribution in [0.15, 0.2) is 59.2 Å². The second-order valence-corrected chi connectivity index (χ2v) is 5.45. The van der Waals surface area contributed by atoms with E-state index in [9.17, 15) is 0 Å². The molecule has 0 radical (unpaired) electrons. The van der Waals surface area contributed by atoms with Crippen molar-refractivity contribution < 1.29 is 9.15 Å². The molecule has 0 saturated carbocycles. The molecule has 0 aliphatic rings. The SMILES string of the molecule is S=C(NCc1ccco1)Nc1nc(Cl)cc(Oc2ccccc2)n1. The van der Waals surface area contributed by atoms with Crippen LogP contribution in [0, 0.1) is 0 Å². The molecule has 0 spiro atoms. The van der Waals surface area contributed by atoms with Crippen molar-refractivity contribution in [3.8, 4) is 11.6 Å². The lowest BCUT2D eigenvalue weighted by molar-refractivity contribution is 0.462. The Morgan fingerprint density at radius 2 is 2.00 bits per heavy atom. The molecule has 1 aromatic carbocycles. The number of benzene rings is 1. The van der Waals surface area contributed by atoms with Crippen molar-refractivity contribution in [3.63, 3.8) is 0 Å². The zero-order valence-corrected chi connectivity index (χ0v) is 14.0. The molecule has 24 heavy (non-hydrogen) atoms. The van der Waals surface area contributed by atoms with E-state index in [1.807, 2.05) is 36.4 Å². The van der Waals surface area contributed by atoms with Crippen LogP contribution in [0.3, 0.4) is 0 Å². The number of thiocarbonyl (C=S) groups is 1. The first-order valence-corrected chi connectivity index (χ1v) is 7.82. The second kappa shape index (κ2) is 7.76. The summed E-state index contributed by atoms with van der Waals surface area (Å²) in [6, 6.07) is 14.4. The molecular formula is C16H13ClN4O2S. The minimum absolute atomic E-state index is 0.241. The van der Waals surface area contributed by atoms with Gasteiger partial charge in [-0.15, -0.1) is 0 Å². The van der Waals surface area contributed by atoms with Crippen LogP contribution >= 0.6 is 23.8 Å².